The summed E-state index contributed by atoms with van der Waals surface area (Å²) < 4.78 is 22.9. The molecule has 0 amide bonds. The van der Waals surface area contributed by atoms with Gasteiger partial charge in [0.05, 0.1) is 34.4 Å². The van der Waals surface area contributed by atoms with Gasteiger partial charge < -0.3 is 28.5 Å². The van der Waals surface area contributed by atoms with Gasteiger partial charge in [0.1, 0.15) is 13.2 Å². The highest BCUT2D eigenvalue weighted by atomic mass is 16.7. The second-order valence-electron chi connectivity index (χ2n) is 23.4. The van der Waals surface area contributed by atoms with Crippen molar-refractivity contribution in [2.75, 3.05) is 47.5 Å². The average molecular weight is 1180 g/mol. The Hall–Kier alpha value is -4.83. The summed E-state index contributed by atoms with van der Waals surface area (Å²) in [7, 11) is 5.96. The molecular weight excluding hydrogens is 1050 g/mol. The van der Waals surface area contributed by atoms with Gasteiger partial charge in [-0.2, -0.15) is 0 Å². The van der Waals surface area contributed by atoms with Crippen LogP contribution in [-0.2, 0) is 33.3 Å². The van der Waals surface area contributed by atoms with Crippen molar-refractivity contribution in [2.45, 2.75) is 270 Å². The second kappa shape index (κ2) is 65.2. The molecule has 0 heterocycles. The van der Waals surface area contributed by atoms with Crippen molar-refractivity contribution in [2.24, 2.45) is 0 Å². The Labute approximate surface area is 522 Å². The van der Waals surface area contributed by atoms with Gasteiger partial charge in [0.15, 0.2) is 6.10 Å². The van der Waals surface area contributed by atoms with Crippen LogP contribution < -0.4 is 0 Å². The molecule has 2 atom stereocenters. The summed E-state index contributed by atoms with van der Waals surface area (Å²) in [6.45, 7) is 4.74. The van der Waals surface area contributed by atoms with E-state index in [9.17, 15) is 19.5 Å². The van der Waals surface area contributed by atoms with Gasteiger partial charge in [-0.05, 0) is 103 Å². The Kier molecular flexibility index (Phi) is 61.4. The maximum absolute atomic E-state index is 12.9. The number of nitrogens with zero attached hydrogens (tertiary/aromatic N) is 1. The third-order valence-electron chi connectivity index (χ3n) is 14.1. The van der Waals surface area contributed by atoms with Crippen LogP contribution in [0, 0.1) is 0 Å². The summed E-state index contributed by atoms with van der Waals surface area (Å²) in [5, 5.41) is 9.73. The lowest BCUT2D eigenvalue weighted by molar-refractivity contribution is -0.870. The Bertz CT molecular complexity index is 1900. The zero-order valence-corrected chi connectivity index (χ0v) is 55.0. The zero-order chi connectivity index (χ0) is 61.9. The van der Waals surface area contributed by atoms with Gasteiger partial charge in [-0.1, -0.05) is 288 Å². The first kappa shape index (κ1) is 80.2. The summed E-state index contributed by atoms with van der Waals surface area (Å²) in [5.74, 6) is -2.04. The number of hydrogen-bond donors (Lipinski definition) is 1. The summed E-state index contributed by atoms with van der Waals surface area (Å²) in [5.41, 5.74) is 0. The van der Waals surface area contributed by atoms with Crippen LogP contribution in [0.15, 0.2) is 146 Å². The maximum Gasteiger partial charge on any atom is 0.361 e. The van der Waals surface area contributed by atoms with Gasteiger partial charge in [0, 0.05) is 12.8 Å². The molecular formula is C76H126NO8+. The van der Waals surface area contributed by atoms with Crippen LogP contribution in [-0.4, -0.2) is 87.4 Å². The fourth-order valence-electron chi connectivity index (χ4n) is 8.94. The van der Waals surface area contributed by atoms with E-state index in [-0.39, 0.29) is 32.2 Å². The molecule has 0 radical (unpaired) electrons. The second-order valence-corrected chi connectivity index (χ2v) is 23.4. The molecule has 9 heteroatoms. The highest BCUT2D eigenvalue weighted by Crippen LogP contribution is 2.16. The third kappa shape index (κ3) is 66.5. The largest absolute Gasteiger partial charge is 0.477 e. The summed E-state index contributed by atoms with van der Waals surface area (Å²) in [6.07, 6.45) is 92.4. The fraction of sp³-hybridized carbons (Fsp3) is 0.645. The minimum absolute atomic E-state index is 0.177. The number of likely N-dealkylation sites (N-methyl/N-ethyl adjacent to an activating group) is 1. The topological polar surface area (TPSA) is 108 Å². The SMILES string of the molecule is CC/C=C\C/C=C\C/C=C\C/C=C\C/C=C\C/C=C\C/C=C\C/C=C\C/C=C\C/C=C\C/C=C\C/C=C\CCCCCCC(=O)OC(COC(=O)CCCCCCCCCCCCCCCCCCCCC)COC(OCC[N+](C)(C)C)C(=O)O. The maximum atomic E-state index is 12.9. The number of aliphatic carboxylic acids is 1. The van der Waals surface area contributed by atoms with Gasteiger partial charge in [-0.15, -0.1) is 0 Å². The molecule has 0 saturated heterocycles. The summed E-state index contributed by atoms with van der Waals surface area (Å²) in [4.78, 5) is 37.5. The lowest BCUT2D eigenvalue weighted by Gasteiger charge is -2.25. The number of esters is 2. The van der Waals surface area contributed by atoms with Crippen LogP contribution in [0.1, 0.15) is 258 Å². The van der Waals surface area contributed by atoms with Crippen molar-refractivity contribution < 1.29 is 42.9 Å². The molecule has 0 aromatic rings. The number of hydrogen-bond acceptors (Lipinski definition) is 7. The van der Waals surface area contributed by atoms with E-state index in [0.717, 1.165) is 122 Å². The van der Waals surface area contributed by atoms with E-state index in [1.807, 2.05) is 21.1 Å². The highest BCUT2D eigenvalue weighted by molar-refractivity contribution is 5.71. The zero-order valence-electron chi connectivity index (χ0n) is 55.0. The number of carboxylic acid groups (broad SMARTS) is 1. The number of quaternary nitrogens is 1. The number of ether oxygens (including phenoxy) is 4. The molecule has 0 aromatic carbocycles. The monoisotopic (exact) mass is 1180 g/mol. The van der Waals surface area contributed by atoms with Gasteiger partial charge in [-0.3, -0.25) is 9.59 Å². The molecule has 0 aliphatic rings. The van der Waals surface area contributed by atoms with Gasteiger partial charge in [0.2, 0.25) is 0 Å². The molecule has 9 nitrogen and oxygen atoms in total. The number of rotatable bonds is 61. The van der Waals surface area contributed by atoms with Crippen molar-refractivity contribution in [1.82, 2.24) is 0 Å². The quantitative estimate of drug-likeness (QED) is 0.0211. The van der Waals surface area contributed by atoms with E-state index in [1.165, 1.54) is 103 Å². The molecule has 0 saturated carbocycles. The van der Waals surface area contributed by atoms with Crippen molar-refractivity contribution in [3.63, 3.8) is 0 Å². The fourth-order valence-corrected chi connectivity index (χ4v) is 8.94. The van der Waals surface area contributed by atoms with Crippen molar-refractivity contribution in [3.05, 3.63) is 146 Å². The number of carboxylic acids is 1. The highest BCUT2D eigenvalue weighted by Gasteiger charge is 2.25. The number of allylic oxidation sites excluding steroid dienone is 24. The minimum atomic E-state index is -1.53. The lowest BCUT2D eigenvalue weighted by Crippen LogP contribution is -2.40. The molecule has 0 aromatic heterocycles. The van der Waals surface area contributed by atoms with Crippen molar-refractivity contribution in [1.29, 1.82) is 0 Å². The lowest BCUT2D eigenvalue weighted by atomic mass is 10.0. The molecule has 0 aliphatic heterocycles. The van der Waals surface area contributed by atoms with Crippen LogP contribution in [0.5, 0.6) is 0 Å². The summed E-state index contributed by atoms with van der Waals surface area (Å²) in [6, 6.07) is 0. The van der Waals surface area contributed by atoms with E-state index in [0.29, 0.717) is 23.9 Å². The molecule has 85 heavy (non-hydrogen) atoms. The Balaban J connectivity index is 4.23. The number of carbonyl (C=O) groups excluding carboxylic acids is 2. The first-order chi connectivity index (χ1) is 41.6. The van der Waals surface area contributed by atoms with E-state index in [2.05, 4.69) is 160 Å². The summed E-state index contributed by atoms with van der Waals surface area (Å²) >= 11 is 0. The van der Waals surface area contributed by atoms with Crippen LogP contribution in [0.3, 0.4) is 0 Å². The first-order valence-electron chi connectivity index (χ1n) is 34.0. The van der Waals surface area contributed by atoms with Gasteiger partial charge in [-0.25, -0.2) is 4.79 Å². The number of carbonyl (C=O) groups is 3. The Morgan fingerprint density at radius 3 is 1.00 bits per heavy atom. The molecule has 0 fully saturated rings. The molecule has 1 N–H and O–H groups in total. The van der Waals surface area contributed by atoms with Crippen LogP contribution in [0.4, 0.5) is 0 Å². The van der Waals surface area contributed by atoms with E-state index in [4.69, 9.17) is 18.9 Å². The Morgan fingerprint density at radius 2 is 0.671 bits per heavy atom. The predicted octanol–water partition coefficient (Wildman–Crippen LogP) is 21.1. The van der Waals surface area contributed by atoms with E-state index >= 15 is 0 Å². The van der Waals surface area contributed by atoms with Crippen molar-refractivity contribution >= 4 is 17.9 Å². The average Bonchev–Trinajstić information content (AvgIpc) is 3.49. The smallest absolute Gasteiger partial charge is 0.361 e. The molecule has 0 rings (SSSR count). The number of unbranched alkanes of at least 4 members (excludes halogenated alkanes) is 22. The van der Waals surface area contributed by atoms with Crippen LogP contribution >= 0.6 is 0 Å². The van der Waals surface area contributed by atoms with Crippen LogP contribution in [0.2, 0.25) is 0 Å². The van der Waals surface area contributed by atoms with Gasteiger partial charge in [0.25, 0.3) is 6.29 Å². The van der Waals surface area contributed by atoms with E-state index < -0.39 is 24.3 Å². The van der Waals surface area contributed by atoms with Crippen LogP contribution in [0.25, 0.3) is 0 Å². The van der Waals surface area contributed by atoms with Gasteiger partial charge >= 0.3 is 17.9 Å². The Morgan fingerprint density at radius 1 is 0.365 bits per heavy atom. The van der Waals surface area contributed by atoms with E-state index in [1.54, 1.807) is 0 Å². The molecule has 482 valence electrons. The molecule has 0 bridgehead atoms. The molecule has 0 spiro atoms. The first-order valence-corrected chi connectivity index (χ1v) is 34.0. The minimum Gasteiger partial charge on any atom is -0.477 e. The molecule has 0 aliphatic carbocycles. The van der Waals surface area contributed by atoms with Crippen molar-refractivity contribution in [3.8, 4) is 0 Å². The third-order valence-corrected chi connectivity index (χ3v) is 14.1. The standard InChI is InChI=1S/C76H125NO8/c1-6-8-10-12-14-16-18-20-22-24-26-27-28-29-30-31-32-33-34-35-36-37-38-39-40-41-42-43-44-45-46-47-49-51-53-55-57-59-61-63-65-67-74(79)85-72(71-84-76(75(80)81)82-69-68-77(3,4)5)70-83-73(78)66-64-62-60-58-56-54-52-50-48-25-23-21-19-17-15-13-11-9-7-2/h8,10,14,16,20,22,26-27,29-30,32-33,35-36,38-39,41-42,44-45,47,49,53,55,72,76H,6-7,9,11-13,15,17-19,21,23-25,28,31,34,37,40,43,46,48,50-52,54,56-71H2,1-5H3/p+1/b10-8-,16-14-,22-20-,27-26-,30-29-,33-32-,36-35-,39-38-,42-41-,45-44-,49-47-,55-53-. The molecule has 2 unspecified atom stereocenters. The normalized spacial score (nSPS) is 13.7. The predicted molar refractivity (Wildman–Crippen MR) is 364 cm³/mol.